The van der Waals surface area contributed by atoms with Gasteiger partial charge in [-0.25, -0.2) is 14.4 Å². The lowest BCUT2D eigenvalue weighted by atomic mass is 9.43. The average Bonchev–Trinajstić information content (AvgIpc) is 3.14. The number of esters is 3. The number of aliphatic hydroxyl groups is 3. The Morgan fingerprint density at radius 2 is 1.54 bits per heavy atom. The van der Waals surface area contributed by atoms with E-state index in [9.17, 15) is 44.1 Å². The lowest BCUT2D eigenvalue weighted by Crippen LogP contribution is -2.82. The van der Waals surface area contributed by atoms with E-state index in [-0.39, 0.29) is 25.0 Å². The van der Waals surface area contributed by atoms with Crippen LogP contribution < -0.4 is 5.32 Å². The number of aliphatic hydroxyl groups excluding tert-OH is 2. The zero-order valence-corrected chi connectivity index (χ0v) is 33.1. The predicted octanol–water partition coefficient (Wildman–Crippen LogP) is 3.16. The maximum Gasteiger partial charge on any atom is 0.408 e. The molecule has 15 nitrogen and oxygen atoms in total. The molecule has 4 fully saturated rings. The summed E-state index contributed by atoms with van der Waals surface area (Å²) >= 11 is 0. The van der Waals surface area contributed by atoms with Crippen LogP contribution in [0.1, 0.15) is 89.7 Å². The SMILES string of the molecule is CC(=O)O[C@@]12CO[C@@H]1C[C@H](O)[C@@]1(C)C(=O)C(=O)C3C[C@@H](OC(=O)[C@H](O)[C@@H](NC(=O)OC(C)(C)C)c4ccccc4)C[C@@](O)([C@@H](OC(=O)c4ccccc4)[C@H]21)C3(C)C. The summed E-state index contributed by atoms with van der Waals surface area (Å²) in [4.78, 5) is 83.0. The van der Waals surface area contributed by atoms with Crippen molar-refractivity contribution in [3.63, 3.8) is 0 Å². The number of carbonyl (C=O) groups excluding carboxylic acids is 6. The first-order valence-electron chi connectivity index (χ1n) is 19.1. The molecule has 4 N–H and O–H groups in total. The Morgan fingerprint density at radius 3 is 2.11 bits per heavy atom. The van der Waals surface area contributed by atoms with Crippen LogP contribution in [0.4, 0.5) is 4.79 Å². The summed E-state index contributed by atoms with van der Waals surface area (Å²) in [5.74, 6) is -7.89. The quantitative estimate of drug-likeness (QED) is 0.171. The second kappa shape index (κ2) is 14.9. The van der Waals surface area contributed by atoms with E-state index in [4.69, 9.17) is 23.7 Å². The summed E-state index contributed by atoms with van der Waals surface area (Å²) in [7, 11) is 0. The van der Waals surface area contributed by atoms with E-state index >= 15 is 0 Å². The fourth-order valence-corrected chi connectivity index (χ4v) is 9.37. The van der Waals surface area contributed by atoms with Gasteiger partial charge in [0.2, 0.25) is 11.6 Å². The van der Waals surface area contributed by atoms with Gasteiger partial charge < -0.3 is 44.3 Å². The largest absolute Gasteiger partial charge is 0.460 e. The molecular weight excluding hydrogens is 742 g/mol. The molecule has 0 radical (unpaired) electrons. The number of amides is 1. The Morgan fingerprint density at radius 1 is 0.930 bits per heavy atom. The number of ketones is 2. The van der Waals surface area contributed by atoms with Crippen molar-refractivity contribution in [3.8, 4) is 0 Å². The van der Waals surface area contributed by atoms with Crippen LogP contribution in [0.15, 0.2) is 60.7 Å². The molecule has 11 atom stereocenters. The first-order chi connectivity index (χ1) is 26.6. The third-order valence-electron chi connectivity index (χ3n) is 12.4. The van der Waals surface area contributed by atoms with Crippen LogP contribution in [0.25, 0.3) is 0 Å². The second-order valence-electron chi connectivity index (χ2n) is 17.4. The zero-order valence-electron chi connectivity index (χ0n) is 33.1. The van der Waals surface area contributed by atoms with Gasteiger partial charge in [-0.05, 0) is 51.8 Å². The summed E-state index contributed by atoms with van der Waals surface area (Å²) in [5.41, 5.74) is -8.24. The number of alkyl carbamates (subject to hydrolysis) is 1. The van der Waals surface area contributed by atoms with Gasteiger partial charge in [-0.3, -0.25) is 14.4 Å². The summed E-state index contributed by atoms with van der Waals surface area (Å²) in [5, 5.41) is 39.1. The van der Waals surface area contributed by atoms with Crippen LogP contribution in [0.5, 0.6) is 0 Å². The molecule has 1 unspecified atom stereocenters. The lowest BCUT2D eigenvalue weighted by molar-refractivity contribution is -0.348. The van der Waals surface area contributed by atoms with Gasteiger partial charge in [0.1, 0.15) is 29.5 Å². The van der Waals surface area contributed by atoms with Gasteiger partial charge in [-0.15, -0.1) is 0 Å². The number of carbonyl (C=O) groups is 6. The molecule has 6 rings (SSSR count). The van der Waals surface area contributed by atoms with E-state index in [0.29, 0.717) is 5.56 Å². The molecule has 57 heavy (non-hydrogen) atoms. The smallest absolute Gasteiger partial charge is 0.408 e. The molecule has 0 spiro atoms. The summed E-state index contributed by atoms with van der Waals surface area (Å²) in [6, 6.07) is 14.6. The second-order valence-corrected chi connectivity index (χ2v) is 17.4. The van der Waals surface area contributed by atoms with E-state index in [2.05, 4.69) is 5.32 Å². The number of nitrogens with one attached hydrogen (secondary N) is 1. The number of Topliss-reactive ketones (excluding diaryl/α,β-unsaturated/α-hetero) is 2. The monoisotopic (exact) mass is 793 g/mol. The van der Waals surface area contributed by atoms with Crippen molar-refractivity contribution < 1.29 is 67.8 Å². The molecule has 1 heterocycles. The van der Waals surface area contributed by atoms with Gasteiger partial charge in [0.25, 0.3) is 0 Å². The van der Waals surface area contributed by atoms with E-state index in [1.165, 1.54) is 32.9 Å². The fraction of sp³-hybridized carbons (Fsp3) is 0.571. The van der Waals surface area contributed by atoms with Gasteiger partial charge >= 0.3 is 24.0 Å². The van der Waals surface area contributed by atoms with Crippen molar-refractivity contribution in [3.05, 3.63) is 71.8 Å². The Labute approximate surface area is 330 Å². The van der Waals surface area contributed by atoms with Crippen LogP contribution >= 0.6 is 0 Å². The highest BCUT2D eigenvalue weighted by molar-refractivity contribution is 6.40. The molecule has 308 valence electrons. The Kier molecular flexibility index (Phi) is 11.0. The van der Waals surface area contributed by atoms with Crippen LogP contribution in [-0.2, 0) is 42.9 Å². The highest BCUT2D eigenvalue weighted by Crippen LogP contribution is 2.63. The highest BCUT2D eigenvalue weighted by Gasteiger charge is 2.78. The van der Waals surface area contributed by atoms with E-state index in [1.54, 1.807) is 69.3 Å². The van der Waals surface area contributed by atoms with Crippen molar-refractivity contribution in [1.29, 1.82) is 0 Å². The van der Waals surface area contributed by atoms with Gasteiger partial charge in [0, 0.05) is 31.1 Å². The molecule has 3 aliphatic carbocycles. The third-order valence-corrected chi connectivity index (χ3v) is 12.4. The van der Waals surface area contributed by atoms with Crippen LogP contribution in [0.2, 0.25) is 0 Å². The van der Waals surface area contributed by atoms with Gasteiger partial charge in [0.05, 0.1) is 35.6 Å². The number of rotatable bonds is 8. The molecule has 1 aliphatic heterocycles. The topological polar surface area (TPSA) is 221 Å². The maximum atomic E-state index is 14.7. The Hall–Kier alpha value is -4.70. The zero-order chi connectivity index (χ0) is 41.9. The minimum absolute atomic E-state index is 0.0762. The van der Waals surface area contributed by atoms with E-state index in [0.717, 1.165) is 6.92 Å². The third kappa shape index (κ3) is 7.23. The molecule has 4 aliphatic rings. The number of fused-ring (bicyclic) bond motifs is 5. The number of ether oxygens (including phenoxy) is 5. The van der Waals surface area contributed by atoms with Gasteiger partial charge in [-0.2, -0.15) is 0 Å². The molecule has 2 aromatic rings. The molecule has 1 saturated heterocycles. The fourth-order valence-electron chi connectivity index (χ4n) is 9.37. The van der Waals surface area contributed by atoms with Crippen molar-refractivity contribution >= 4 is 35.6 Å². The first-order valence-corrected chi connectivity index (χ1v) is 19.1. The van der Waals surface area contributed by atoms with Crippen molar-refractivity contribution in [2.75, 3.05) is 6.61 Å². The number of hydrogen-bond donors (Lipinski definition) is 4. The standard InChI is InChI=1S/C42H51NO14/c1-22(44)56-41-21-53-28(41)19-27(45)40(7)32(41)34(55-35(49)24-16-12-9-13-17-24)42(52)20-25(18-26(39(42,5)6)30(46)33(40)48)54-36(50)31(47)29(23-14-10-8-11-15-23)43-37(51)57-38(2,3)4/h8-17,25-29,31-32,34,45,47,52H,18-21H2,1-7H3,(H,43,51)/t25-,26?,27+,28-,29+,31-,32+,34+,40-,41+,42-/m1/s1. The molecule has 2 bridgehead atoms. The average molecular weight is 794 g/mol. The molecule has 15 heteroatoms. The van der Waals surface area contributed by atoms with Crippen molar-refractivity contribution in [2.45, 2.75) is 121 Å². The molecule has 3 saturated carbocycles. The van der Waals surface area contributed by atoms with Gasteiger partial charge in [-0.1, -0.05) is 62.4 Å². The predicted molar refractivity (Wildman–Crippen MR) is 198 cm³/mol. The van der Waals surface area contributed by atoms with Gasteiger partial charge in [0.15, 0.2) is 11.7 Å². The first kappa shape index (κ1) is 41.9. The van der Waals surface area contributed by atoms with Crippen LogP contribution in [0.3, 0.4) is 0 Å². The Bertz CT molecular complexity index is 1910. The minimum atomic E-state index is -2.34. The lowest BCUT2D eigenvalue weighted by Gasteiger charge is -2.67. The number of hydrogen-bond acceptors (Lipinski definition) is 14. The highest BCUT2D eigenvalue weighted by atomic mass is 16.6. The van der Waals surface area contributed by atoms with Crippen LogP contribution in [0, 0.1) is 22.7 Å². The van der Waals surface area contributed by atoms with Crippen molar-refractivity contribution in [2.24, 2.45) is 22.7 Å². The molecular formula is C42H51NO14. The molecule has 2 aromatic carbocycles. The Balaban J connectivity index is 1.44. The summed E-state index contributed by atoms with van der Waals surface area (Å²) in [6.07, 6.45) is -9.69. The minimum Gasteiger partial charge on any atom is -0.460 e. The molecule has 1 amide bonds. The summed E-state index contributed by atoms with van der Waals surface area (Å²) < 4.78 is 29.3. The van der Waals surface area contributed by atoms with Crippen molar-refractivity contribution in [1.82, 2.24) is 5.32 Å². The normalized spacial score (nSPS) is 34.0. The molecule has 0 aromatic heterocycles. The number of benzene rings is 2. The van der Waals surface area contributed by atoms with E-state index in [1.807, 2.05) is 0 Å². The summed E-state index contributed by atoms with van der Waals surface area (Å²) in [6.45, 7) is 10.2. The van der Waals surface area contributed by atoms with E-state index < -0.39 is 118 Å². The van der Waals surface area contributed by atoms with Crippen LogP contribution in [-0.4, -0.2) is 105 Å². The maximum absolute atomic E-state index is 14.7.